The third-order valence-electron chi connectivity index (χ3n) is 3.61. The van der Waals surface area contributed by atoms with E-state index in [-0.39, 0.29) is 6.61 Å². The molecule has 0 spiro atoms. The minimum absolute atomic E-state index is 0.331. The topological polar surface area (TPSA) is 73.9 Å². The van der Waals surface area contributed by atoms with Gasteiger partial charge in [0.1, 0.15) is 0 Å². The average Bonchev–Trinajstić information content (AvgIpc) is 2.67. The molecule has 0 aliphatic rings. The number of nitrogens with one attached hydrogen (secondary N) is 1. The van der Waals surface area contributed by atoms with Gasteiger partial charge < -0.3 is 19.5 Å². The molecule has 0 aliphatic heterocycles. The average molecular weight is 369 g/mol. The molecule has 142 valence electrons. The molecule has 1 amide bonds. The summed E-state index contributed by atoms with van der Waals surface area (Å²) in [5, 5.41) is 2.67. The van der Waals surface area contributed by atoms with Crippen LogP contribution in [0.1, 0.15) is 19.4 Å². The number of para-hydroxylation sites is 1. The first-order valence-corrected chi connectivity index (χ1v) is 8.52. The van der Waals surface area contributed by atoms with E-state index in [0.29, 0.717) is 17.2 Å². The van der Waals surface area contributed by atoms with Crippen molar-refractivity contribution in [1.82, 2.24) is 0 Å². The minimum atomic E-state index is -0.944. The van der Waals surface area contributed by atoms with Gasteiger partial charge in [-0.25, -0.2) is 4.79 Å². The van der Waals surface area contributed by atoms with Crippen LogP contribution < -0.4 is 14.8 Å². The molecular weight excluding hydrogens is 346 g/mol. The van der Waals surface area contributed by atoms with Crippen molar-refractivity contribution in [2.45, 2.75) is 20.0 Å². The van der Waals surface area contributed by atoms with E-state index >= 15 is 0 Å². The van der Waals surface area contributed by atoms with Crippen molar-refractivity contribution in [3.63, 3.8) is 0 Å². The summed E-state index contributed by atoms with van der Waals surface area (Å²) in [6, 6.07) is 14.3. The van der Waals surface area contributed by atoms with Crippen LogP contribution >= 0.6 is 0 Å². The second kappa shape index (κ2) is 10.0. The largest absolute Gasteiger partial charge is 0.493 e. The van der Waals surface area contributed by atoms with Crippen LogP contribution in [-0.4, -0.2) is 31.7 Å². The number of ether oxygens (including phenoxy) is 3. The zero-order valence-electron chi connectivity index (χ0n) is 15.6. The van der Waals surface area contributed by atoms with Gasteiger partial charge in [0, 0.05) is 5.69 Å². The second-order valence-electron chi connectivity index (χ2n) is 5.69. The van der Waals surface area contributed by atoms with Gasteiger partial charge in [-0.05, 0) is 43.7 Å². The number of methoxy groups -OCH3 is 1. The predicted octanol–water partition coefficient (Wildman–Crippen LogP) is 3.68. The fourth-order valence-electron chi connectivity index (χ4n) is 2.29. The van der Waals surface area contributed by atoms with Gasteiger partial charge in [-0.3, -0.25) is 4.79 Å². The van der Waals surface area contributed by atoms with E-state index in [9.17, 15) is 9.59 Å². The summed E-state index contributed by atoms with van der Waals surface area (Å²) in [6.45, 7) is 3.09. The van der Waals surface area contributed by atoms with E-state index in [0.717, 1.165) is 5.56 Å². The van der Waals surface area contributed by atoms with Crippen LogP contribution in [0.2, 0.25) is 0 Å². The molecule has 0 saturated carbocycles. The van der Waals surface area contributed by atoms with E-state index in [4.69, 9.17) is 14.2 Å². The summed E-state index contributed by atoms with van der Waals surface area (Å²) < 4.78 is 15.9. The maximum Gasteiger partial charge on any atom is 0.344 e. The number of amides is 1. The van der Waals surface area contributed by atoms with Crippen LogP contribution in [0.3, 0.4) is 0 Å². The van der Waals surface area contributed by atoms with Gasteiger partial charge in [-0.15, -0.1) is 0 Å². The number of carbonyl (C=O) groups is 2. The van der Waals surface area contributed by atoms with Gasteiger partial charge in [-0.2, -0.15) is 0 Å². The Bertz CT molecular complexity index is 801. The first-order chi connectivity index (χ1) is 13.0. The summed E-state index contributed by atoms with van der Waals surface area (Å²) in [4.78, 5) is 24.0. The van der Waals surface area contributed by atoms with Crippen molar-refractivity contribution in [1.29, 1.82) is 0 Å². The van der Waals surface area contributed by atoms with Crippen LogP contribution in [0, 0.1) is 0 Å². The van der Waals surface area contributed by atoms with E-state index < -0.39 is 18.0 Å². The minimum Gasteiger partial charge on any atom is -0.493 e. The molecule has 0 aliphatic carbocycles. The Morgan fingerprint density at radius 1 is 1.11 bits per heavy atom. The fraction of sp³-hybridized carbons (Fsp3) is 0.238. The van der Waals surface area contributed by atoms with Crippen LogP contribution in [0.25, 0.3) is 6.08 Å². The van der Waals surface area contributed by atoms with Crippen molar-refractivity contribution in [3.8, 4) is 11.5 Å². The highest BCUT2D eigenvalue weighted by Gasteiger charge is 2.18. The van der Waals surface area contributed by atoms with Crippen molar-refractivity contribution < 1.29 is 23.8 Å². The van der Waals surface area contributed by atoms with E-state index in [2.05, 4.69) is 5.32 Å². The number of anilines is 1. The van der Waals surface area contributed by atoms with Crippen molar-refractivity contribution in [2.75, 3.05) is 19.0 Å². The Balaban J connectivity index is 1.87. The van der Waals surface area contributed by atoms with Crippen molar-refractivity contribution >= 4 is 23.6 Å². The molecule has 0 fully saturated rings. The first kappa shape index (κ1) is 20.0. The molecule has 2 aromatic rings. The number of rotatable bonds is 8. The molecule has 0 radical (unpaired) electrons. The van der Waals surface area contributed by atoms with Gasteiger partial charge >= 0.3 is 5.97 Å². The highest BCUT2D eigenvalue weighted by molar-refractivity contribution is 5.95. The first-order valence-electron chi connectivity index (χ1n) is 8.52. The van der Waals surface area contributed by atoms with Crippen LogP contribution in [0.4, 0.5) is 5.69 Å². The van der Waals surface area contributed by atoms with E-state index in [1.807, 2.05) is 31.2 Å². The lowest BCUT2D eigenvalue weighted by Gasteiger charge is -2.15. The van der Waals surface area contributed by atoms with Crippen molar-refractivity contribution in [3.05, 3.63) is 60.2 Å². The molecule has 6 nitrogen and oxygen atoms in total. The molecule has 1 N–H and O–H groups in total. The normalized spacial score (nSPS) is 11.7. The number of allylic oxidation sites excluding steroid dienone is 1. The smallest absolute Gasteiger partial charge is 0.344 e. The molecule has 27 heavy (non-hydrogen) atoms. The summed E-state index contributed by atoms with van der Waals surface area (Å²) in [5.74, 6) is -0.134. The Labute approximate surface area is 158 Å². The quantitative estimate of drug-likeness (QED) is 0.719. The summed E-state index contributed by atoms with van der Waals surface area (Å²) in [7, 11) is 1.52. The van der Waals surface area contributed by atoms with Crippen LogP contribution in [0.15, 0.2) is 54.6 Å². The monoisotopic (exact) mass is 369 g/mol. The molecule has 6 heteroatoms. The lowest BCUT2D eigenvalue weighted by Crippen LogP contribution is -2.31. The number of benzene rings is 2. The fourth-order valence-corrected chi connectivity index (χ4v) is 2.29. The highest BCUT2D eigenvalue weighted by Crippen LogP contribution is 2.28. The molecule has 2 rings (SSSR count). The maximum atomic E-state index is 12.1. The molecule has 0 saturated heterocycles. The number of carbonyl (C=O) groups excluding carboxylic acids is 2. The van der Waals surface area contributed by atoms with Gasteiger partial charge in [0.2, 0.25) is 0 Å². The van der Waals surface area contributed by atoms with Crippen molar-refractivity contribution in [2.24, 2.45) is 0 Å². The Hall–Kier alpha value is -3.28. The number of esters is 1. The lowest BCUT2D eigenvalue weighted by molar-refractivity contribution is -0.155. The Kier molecular flexibility index (Phi) is 7.43. The molecule has 0 heterocycles. The SMILES string of the molecule is CC=Cc1ccc(OCC(=O)OC(C)C(=O)Nc2ccccc2)c(OC)c1. The predicted molar refractivity (Wildman–Crippen MR) is 104 cm³/mol. The standard InChI is InChI=1S/C21H23NO5/c1-4-8-16-11-12-18(19(13-16)25-3)26-14-20(23)27-15(2)21(24)22-17-9-6-5-7-10-17/h4-13,15H,14H2,1-3H3,(H,22,24). The summed E-state index contributed by atoms with van der Waals surface area (Å²) >= 11 is 0. The van der Waals surface area contributed by atoms with E-state index in [1.54, 1.807) is 36.4 Å². The molecule has 2 aromatic carbocycles. The van der Waals surface area contributed by atoms with Gasteiger partial charge in [0.05, 0.1) is 7.11 Å². The molecule has 1 unspecified atom stereocenters. The molecular formula is C21H23NO5. The Morgan fingerprint density at radius 3 is 2.52 bits per heavy atom. The Morgan fingerprint density at radius 2 is 1.85 bits per heavy atom. The van der Waals surface area contributed by atoms with Crippen LogP contribution in [-0.2, 0) is 14.3 Å². The number of hydrogen-bond donors (Lipinski definition) is 1. The molecule has 0 aromatic heterocycles. The molecule has 0 bridgehead atoms. The van der Waals surface area contributed by atoms with Gasteiger partial charge in [0.15, 0.2) is 24.2 Å². The van der Waals surface area contributed by atoms with E-state index in [1.165, 1.54) is 14.0 Å². The highest BCUT2D eigenvalue weighted by atomic mass is 16.6. The number of hydrogen-bond acceptors (Lipinski definition) is 5. The zero-order valence-corrected chi connectivity index (χ0v) is 15.6. The van der Waals surface area contributed by atoms with Gasteiger partial charge in [-0.1, -0.05) is 36.4 Å². The van der Waals surface area contributed by atoms with Crippen LogP contribution in [0.5, 0.6) is 11.5 Å². The zero-order chi connectivity index (χ0) is 19.6. The second-order valence-corrected chi connectivity index (χ2v) is 5.69. The van der Waals surface area contributed by atoms with Gasteiger partial charge in [0.25, 0.3) is 5.91 Å². The summed E-state index contributed by atoms with van der Waals surface area (Å²) in [5.41, 5.74) is 1.59. The third-order valence-corrected chi connectivity index (χ3v) is 3.61. The maximum absolute atomic E-state index is 12.1. The third kappa shape index (κ3) is 6.18. The summed E-state index contributed by atoms with van der Waals surface area (Å²) in [6.07, 6.45) is 2.89. The lowest BCUT2D eigenvalue weighted by atomic mass is 10.2. The molecule has 1 atom stereocenters.